The van der Waals surface area contributed by atoms with Crippen LogP contribution < -0.4 is 0 Å². The summed E-state index contributed by atoms with van der Waals surface area (Å²) in [4.78, 5) is 29.4. The molecule has 1 N–H and O–H groups in total. The van der Waals surface area contributed by atoms with E-state index in [9.17, 15) is 9.59 Å². The highest BCUT2D eigenvalue weighted by Crippen LogP contribution is 2.31. The van der Waals surface area contributed by atoms with Crippen molar-refractivity contribution < 1.29 is 14.3 Å². The highest BCUT2D eigenvalue weighted by molar-refractivity contribution is 5.95. The van der Waals surface area contributed by atoms with Gasteiger partial charge in [-0.1, -0.05) is 20.8 Å². The van der Waals surface area contributed by atoms with Gasteiger partial charge in [-0.05, 0) is 26.7 Å². The highest BCUT2D eigenvalue weighted by atomic mass is 16.5. The molecule has 1 aromatic rings. The molecule has 0 bridgehead atoms. The van der Waals surface area contributed by atoms with E-state index in [2.05, 4.69) is 10.2 Å². The Morgan fingerprint density at radius 2 is 1.70 bits per heavy atom. The van der Waals surface area contributed by atoms with Crippen LogP contribution in [-0.4, -0.2) is 70.2 Å². The van der Waals surface area contributed by atoms with Crippen molar-refractivity contribution in [2.75, 3.05) is 26.2 Å². The molecule has 2 fully saturated rings. The molecular formula is C20H32N4O3. The van der Waals surface area contributed by atoms with Gasteiger partial charge in [0.1, 0.15) is 0 Å². The average Bonchev–Trinajstić information content (AvgIpc) is 3.08. The summed E-state index contributed by atoms with van der Waals surface area (Å²) in [7, 11) is 0. The van der Waals surface area contributed by atoms with Crippen molar-refractivity contribution in [3.8, 4) is 0 Å². The van der Waals surface area contributed by atoms with Gasteiger partial charge in [0.15, 0.2) is 0 Å². The molecule has 3 heterocycles. The number of morpholine rings is 1. The third-order valence-corrected chi connectivity index (χ3v) is 5.44. The maximum Gasteiger partial charge on any atom is 0.257 e. The first-order chi connectivity index (χ1) is 12.7. The summed E-state index contributed by atoms with van der Waals surface area (Å²) in [5, 5.41) is 7.22. The summed E-state index contributed by atoms with van der Waals surface area (Å²) in [6.45, 7) is 12.5. The standard InChI is InChI=1S/C20H32N4O3/c1-13-11-24(12-14(2)27-13)18(25)16-10-21-22-17(16)15-6-8-23(9-7-15)19(26)20(3,4)5/h10,13-15H,6-9,11-12H2,1-5H3,(H,21,22). The van der Waals surface area contributed by atoms with Crippen molar-refractivity contribution in [2.45, 2.75) is 65.6 Å². The number of carbonyl (C=O) groups excluding carboxylic acids is 2. The number of nitrogens with one attached hydrogen (secondary N) is 1. The van der Waals surface area contributed by atoms with Gasteiger partial charge in [-0.3, -0.25) is 14.7 Å². The minimum absolute atomic E-state index is 0.0222. The number of likely N-dealkylation sites (tertiary alicyclic amines) is 1. The summed E-state index contributed by atoms with van der Waals surface area (Å²) in [5.41, 5.74) is 1.22. The first-order valence-electron chi connectivity index (χ1n) is 9.94. The molecule has 1 aromatic heterocycles. The first-order valence-corrected chi connectivity index (χ1v) is 9.94. The SMILES string of the molecule is CC1CN(C(=O)c2cn[nH]c2C2CCN(C(=O)C(C)(C)C)CC2)CC(C)O1. The van der Waals surface area contributed by atoms with Gasteiger partial charge in [0, 0.05) is 37.5 Å². The van der Waals surface area contributed by atoms with Crippen LogP contribution in [0.3, 0.4) is 0 Å². The lowest BCUT2D eigenvalue weighted by atomic mass is 9.88. The van der Waals surface area contributed by atoms with Crippen LogP contribution in [0.4, 0.5) is 0 Å². The molecule has 2 atom stereocenters. The van der Waals surface area contributed by atoms with Crippen molar-refractivity contribution in [2.24, 2.45) is 5.41 Å². The quantitative estimate of drug-likeness (QED) is 0.860. The molecule has 27 heavy (non-hydrogen) atoms. The summed E-state index contributed by atoms with van der Waals surface area (Å²) in [5.74, 6) is 0.443. The second kappa shape index (κ2) is 7.62. The van der Waals surface area contributed by atoms with Gasteiger partial charge in [0.2, 0.25) is 5.91 Å². The molecule has 2 saturated heterocycles. The van der Waals surface area contributed by atoms with Crippen molar-refractivity contribution in [3.05, 3.63) is 17.5 Å². The van der Waals surface area contributed by atoms with Crippen LogP contribution in [0.1, 0.15) is 69.4 Å². The second-order valence-electron chi connectivity index (χ2n) is 8.98. The predicted octanol–water partition coefficient (Wildman–Crippen LogP) is 2.41. The van der Waals surface area contributed by atoms with E-state index in [4.69, 9.17) is 4.74 Å². The molecule has 2 aliphatic rings. The first kappa shape index (κ1) is 19.9. The van der Waals surface area contributed by atoms with E-state index in [1.807, 2.05) is 44.4 Å². The monoisotopic (exact) mass is 376 g/mol. The van der Waals surface area contributed by atoms with Gasteiger partial charge in [-0.2, -0.15) is 5.10 Å². The molecule has 0 aliphatic carbocycles. The van der Waals surface area contributed by atoms with Gasteiger partial charge in [0.25, 0.3) is 5.91 Å². The van der Waals surface area contributed by atoms with Crippen LogP contribution in [-0.2, 0) is 9.53 Å². The predicted molar refractivity (Wildman–Crippen MR) is 103 cm³/mol. The number of ether oxygens (including phenoxy) is 1. The molecule has 2 unspecified atom stereocenters. The molecule has 0 aromatic carbocycles. The molecular weight excluding hydrogens is 344 g/mol. The van der Waals surface area contributed by atoms with E-state index in [-0.39, 0.29) is 35.4 Å². The van der Waals surface area contributed by atoms with E-state index in [1.165, 1.54) is 0 Å². The smallest absolute Gasteiger partial charge is 0.257 e. The van der Waals surface area contributed by atoms with E-state index in [0.717, 1.165) is 31.6 Å². The van der Waals surface area contributed by atoms with Crippen LogP contribution in [0.25, 0.3) is 0 Å². The van der Waals surface area contributed by atoms with E-state index >= 15 is 0 Å². The van der Waals surface area contributed by atoms with Crippen LogP contribution in [0.15, 0.2) is 6.20 Å². The fourth-order valence-corrected chi connectivity index (χ4v) is 4.14. The van der Waals surface area contributed by atoms with Gasteiger partial charge in [0.05, 0.1) is 29.7 Å². The molecule has 0 radical (unpaired) electrons. The van der Waals surface area contributed by atoms with Crippen LogP contribution >= 0.6 is 0 Å². The average molecular weight is 377 g/mol. The molecule has 2 amide bonds. The minimum atomic E-state index is -0.355. The lowest BCUT2D eigenvalue weighted by molar-refractivity contribution is -0.140. The van der Waals surface area contributed by atoms with Crippen molar-refractivity contribution in [1.82, 2.24) is 20.0 Å². The number of carbonyl (C=O) groups is 2. The number of nitrogens with zero attached hydrogens (tertiary/aromatic N) is 3. The Balaban J connectivity index is 1.67. The summed E-state index contributed by atoms with van der Waals surface area (Å²) < 4.78 is 5.74. The zero-order chi connectivity index (χ0) is 19.8. The molecule has 7 nitrogen and oxygen atoms in total. The Morgan fingerprint density at radius 3 is 2.26 bits per heavy atom. The number of H-pyrrole nitrogens is 1. The molecule has 0 saturated carbocycles. The molecule has 3 rings (SSSR count). The highest BCUT2D eigenvalue weighted by Gasteiger charge is 2.34. The Labute approximate surface area is 161 Å². The summed E-state index contributed by atoms with van der Waals surface area (Å²) >= 11 is 0. The van der Waals surface area contributed by atoms with Crippen molar-refractivity contribution in [3.63, 3.8) is 0 Å². The minimum Gasteiger partial charge on any atom is -0.372 e. The Bertz CT molecular complexity index is 676. The number of amides is 2. The Kier molecular flexibility index (Phi) is 5.60. The lowest BCUT2D eigenvalue weighted by Gasteiger charge is -2.37. The maximum absolute atomic E-state index is 13.1. The van der Waals surface area contributed by atoms with Gasteiger partial charge in [-0.15, -0.1) is 0 Å². The molecule has 150 valence electrons. The number of aromatic nitrogens is 2. The zero-order valence-corrected chi connectivity index (χ0v) is 17.1. The summed E-state index contributed by atoms with van der Waals surface area (Å²) in [6.07, 6.45) is 3.43. The van der Waals surface area contributed by atoms with E-state index in [0.29, 0.717) is 18.7 Å². The molecule has 2 aliphatic heterocycles. The number of rotatable bonds is 2. The third-order valence-electron chi connectivity index (χ3n) is 5.44. The second-order valence-corrected chi connectivity index (χ2v) is 8.98. The molecule has 0 spiro atoms. The summed E-state index contributed by atoms with van der Waals surface area (Å²) in [6, 6.07) is 0. The number of aromatic amines is 1. The topological polar surface area (TPSA) is 78.5 Å². The third kappa shape index (κ3) is 4.34. The van der Waals surface area contributed by atoms with E-state index in [1.54, 1.807) is 6.20 Å². The van der Waals surface area contributed by atoms with Gasteiger partial charge >= 0.3 is 0 Å². The van der Waals surface area contributed by atoms with Crippen molar-refractivity contribution in [1.29, 1.82) is 0 Å². The number of hydrogen-bond acceptors (Lipinski definition) is 4. The van der Waals surface area contributed by atoms with Crippen LogP contribution in [0.5, 0.6) is 0 Å². The fraction of sp³-hybridized carbons (Fsp3) is 0.750. The normalized spacial score (nSPS) is 24.9. The fourth-order valence-electron chi connectivity index (χ4n) is 4.14. The van der Waals surface area contributed by atoms with Crippen molar-refractivity contribution >= 4 is 11.8 Å². The van der Waals surface area contributed by atoms with E-state index < -0.39 is 0 Å². The zero-order valence-electron chi connectivity index (χ0n) is 17.1. The largest absolute Gasteiger partial charge is 0.372 e. The maximum atomic E-state index is 13.1. The Hall–Kier alpha value is -1.89. The van der Waals surface area contributed by atoms with Gasteiger partial charge < -0.3 is 14.5 Å². The van der Waals surface area contributed by atoms with Crippen LogP contribution in [0.2, 0.25) is 0 Å². The van der Waals surface area contributed by atoms with Gasteiger partial charge in [-0.25, -0.2) is 0 Å². The number of piperidine rings is 1. The lowest BCUT2D eigenvalue weighted by Crippen LogP contribution is -2.48. The molecule has 7 heteroatoms. The van der Waals surface area contributed by atoms with Crippen LogP contribution in [0, 0.1) is 5.41 Å². The Morgan fingerprint density at radius 1 is 1.11 bits per heavy atom. The number of hydrogen-bond donors (Lipinski definition) is 1.